The number of nitrogens with two attached hydrogens (primary N) is 1. The highest BCUT2D eigenvalue weighted by Crippen LogP contribution is 2.50. The van der Waals surface area contributed by atoms with Crippen LogP contribution >= 0.6 is 11.6 Å². The van der Waals surface area contributed by atoms with E-state index in [1.54, 1.807) is 25.3 Å². The lowest BCUT2D eigenvalue weighted by atomic mass is 9.85. The Labute approximate surface area is 165 Å². The smallest absolute Gasteiger partial charge is 0.123 e. The number of benzene rings is 2. The number of aliphatic imine (C=N–C) groups is 1. The van der Waals surface area contributed by atoms with E-state index >= 15 is 0 Å². The molecule has 0 amide bonds. The molecule has 0 saturated heterocycles. The summed E-state index contributed by atoms with van der Waals surface area (Å²) in [6.07, 6.45) is 2.19. The molecule has 1 fully saturated rings. The fraction of sp³-hybridized carbons (Fsp3) is 0.318. The minimum atomic E-state index is -0.475. The van der Waals surface area contributed by atoms with Crippen LogP contribution in [0.15, 0.2) is 53.5 Å². The highest BCUT2D eigenvalue weighted by Gasteiger charge is 2.43. The summed E-state index contributed by atoms with van der Waals surface area (Å²) in [7, 11) is 1.60. The summed E-state index contributed by atoms with van der Waals surface area (Å²) in [5.74, 6) is 1.70. The molecule has 4 nitrogen and oxygen atoms in total. The molecule has 1 aliphatic carbocycles. The maximum absolute atomic E-state index is 10.5. The van der Waals surface area contributed by atoms with Gasteiger partial charge in [-0.15, -0.1) is 0 Å². The fourth-order valence-electron chi connectivity index (χ4n) is 3.29. The van der Waals surface area contributed by atoms with Gasteiger partial charge in [-0.05, 0) is 74.1 Å². The van der Waals surface area contributed by atoms with Gasteiger partial charge in [0.2, 0.25) is 0 Å². The van der Waals surface area contributed by atoms with Crippen LogP contribution in [0.3, 0.4) is 0 Å². The second-order valence-electron chi connectivity index (χ2n) is 7.28. The van der Waals surface area contributed by atoms with Gasteiger partial charge in [-0.25, -0.2) is 0 Å². The molecule has 1 aliphatic rings. The van der Waals surface area contributed by atoms with Gasteiger partial charge in [0.1, 0.15) is 17.3 Å². The summed E-state index contributed by atoms with van der Waals surface area (Å²) < 4.78 is 5.31. The molecule has 0 heterocycles. The largest absolute Gasteiger partial charge is 0.507 e. The Balaban J connectivity index is 2.15. The lowest BCUT2D eigenvalue weighted by Crippen LogP contribution is -2.27. The van der Waals surface area contributed by atoms with E-state index in [1.165, 1.54) is 0 Å². The van der Waals surface area contributed by atoms with E-state index in [2.05, 4.69) is 13.5 Å². The SMILES string of the molecule is C=C(C)C(N)=NC(C)(c1ccc(O)c(-c2cc(OC)ccc2Cl)c1)C1CC1. The molecule has 5 heteroatoms. The molecular formula is C22H25ClN2O2. The minimum absolute atomic E-state index is 0.156. The van der Waals surface area contributed by atoms with Crippen LogP contribution in [0.2, 0.25) is 5.02 Å². The maximum atomic E-state index is 10.5. The fourth-order valence-corrected chi connectivity index (χ4v) is 3.51. The molecule has 2 aromatic rings. The number of halogens is 1. The predicted molar refractivity (Wildman–Crippen MR) is 112 cm³/mol. The van der Waals surface area contributed by atoms with Gasteiger partial charge in [0.15, 0.2) is 0 Å². The number of methoxy groups -OCH3 is 1. The van der Waals surface area contributed by atoms with Crippen LogP contribution in [0.4, 0.5) is 0 Å². The number of ether oxygens (including phenoxy) is 1. The summed E-state index contributed by atoms with van der Waals surface area (Å²) in [6, 6.07) is 10.9. The van der Waals surface area contributed by atoms with Crippen LogP contribution in [0.25, 0.3) is 11.1 Å². The number of hydrogen-bond acceptors (Lipinski definition) is 3. The van der Waals surface area contributed by atoms with E-state index in [4.69, 9.17) is 27.1 Å². The number of hydrogen-bond donors (Lipinski definition) is 2. The minimum Gasteiger partial charge on any atom is -0.507 e. The number of phenols is 1. The monoisotopic (exact) mass is 384 g/mol. The van der Waals surface area contributed by atoms with Gasteiger partial charge >= 0.3 is 0 Å². The zero-order chi connectivity index (χ0) is 19.8. The first-order chi connectivity index (χ1) is 12.8. The summed E-state index contributed by atoms with van der Waals surface area (Å²) in [4.78, 5) is 4.82. The van der Waals surface area contributed by atoms with Crippen molar-refractivity contribution in [3.05, 3.63) is 59.1 Å². The molecule has 142 valence electrons. The molecule has 1 saturated carbocycles. The number of phenolic OH excluding ortho intramolecular Hbond substituents is 1. The summed E-state index contributed by atoms with van der Waals surface area (Å²) >= 11 is 6.40. The zero-order valence-electron chi connectivity index (χ0n) is 15.9. The summed E-state index contributed by atoms with van der Waals surface area (Å²) in [6.45, 7) is 7.83. The second-order valence-corrected chi connectivity index (χ2v) is 7.68. The Morgan fingerprint density at radius 2 is 1.96 bits per heavy atom. The Morgan fingerprint density at radius 1 is 1.26 bits per heavy atom. The summed E-state index contributed by atoms with van der Waals surface area (Å²) in [5, 5.41) is 11.0. The molecule has 0 aromatic heterocycles. The van der Waals surface area contributed by atoms with Gasteiger partial charge in [0, 0.05) is 16.1 Å². The third kappa shape index (κ3) is 3.81. The first-order valence-corrected chi connectivity index (χ1v) is 9.32. The molecule has 0 spiro atoms. The van der Waals surface area contributed by atoms with Crippen molar-refractivity contribution < 1.29 is 9.84 Å². The van der Waals surface area contributed by atoms with E-state index in [1.807, 2.05) is 25.1 Å². The molecule has 1 unspecified atom stereocenters. The molecular weight excluding hydrogens is 360 g/mol. The molecule has 27 heavy (non-hydrogen) atoms. The third-order valence-electron chi connectivity index (χ3n) is 5.21. The first-order valence-electron chi connectivity index (χ1n) is 8.95. The molecule has 1 atom stereocenters. The Hall–Kier alpha value is -2.46. The van der Waals surface area contributed by atoms with E-state index < -0.39 is 5.54 Å². The van der Waals surface area contributed by atoms with Gasteiger partial charge in [-0.3, -0.25) is 4.99 Å². The lowest BCUT2D eigenvalue weighted by Gasteiger charge is -2.28. The third-order valence-corrected chi connectivity index (χ3v) is 5.54. The van der Waals surface area contributed by atoms with E-state index in [9.17, 15) is 5.11 Å². The van der Waals surface area contributed by atoms with Crippen LogP contribution in [-0.2, 0) is 5.54 Å². The normalized spacial score (nSPS) is 16.7. The topological polar surface area (TPSA) is 67.8 Å². The van der Waals surface area contributed by atoms with Crippen LogP contribution in [0, 0.1) is 5.92 Å². The molecule has 2 aromatic carbocycles. The maximum Gasteiger partial charge on any atom is 0.123 e. The lowest BCUT2D eigenvalue weighted by molar-refractivity contribution is 0.415. The zero-order valence-corrected chi connectivity index (χ0v) is 16.7. The van der Waals surface area contributed by atoms with Crippen molar-refractivity contribution in [2.75, 3.05) is 7.11 Å². The highest BCUT2D eigenvalue weighted by atomic mass is 35.5. The van der Waals surface area contributed by atoms with Crippen LogP contribution in [0.1, 0.15) is 32.3 Å². The van der Waals surface area contributed by atoms with Crippen molar-refractivity contribution >= 4 is 17.4 Å². The predicted octanol–water partition coefficient (Wildman–Crippen LogP) is 5.28. The van der Waals surface area contributed by atoms with Crippen molar-refractivity contribution in [1.82, 2.24) is 0 Å². The number of rotatable bonds is 6. The van der Waals surface area contributed by atoms with Crippen molar-refractivity contribution in [3.8, 4) is 22.6 Å². The van der Waals surface area contributed by atoms with Crippen molar-refractivity contribution in [3.63, 3.8) is 0 Å². The molecule has 0 radical (unpaired) electrons. The van der Waals surface area contributed by atoms with Gasteiger partial charge in [0.05, 0.1) is 12.6 Å². The Bertz CT molecular complexity index is 919. The average molecular weight is 385 g/mol. The molecule has 0 bridgehead atoms. The first kappa shape index (κ1) is 19.3. The standard InChI is InChI=1S/C22H25ClN2O2/c1-13(2)21(24)25-22(3,14-5-6-14)15-7-10-20(26)18(11-15)17-12-16(27-4)8-9-19(17)23/h7-12,14,26H,1,5-6H2,2-4H3,(H2,24,25). The molecule has 3 rings (SSSR count). The molecule has 0 aliphatic heterocycles. The van der Waals surface area contributed by atoms with E-state index in [0.29, 0.717) is 33.7 Å². The van der Waals surface area contributed by atoms with Gasteiger partial charge < -0.3 is 15.6 Å². The van der Waals surface area contributed by atoms with Gasteiger partial charge in [-0.2, -0.15) is 0 Å². The second kappa shape index (κ2) is 7.28. The Morgan fingerprint density at radius 3 is 2.56 bits per heavy atom. The van der Waals surface area contributed by atoms with Gasteiger partial charge in [0.25, 0.3) is 0 Å². The Kier molecular flexibility index (Phi) is 5.20. The number of amidine groups is 1. The van der Waals surface area contributed by atoms with Crippen molar-refractivity contribution in [2.45, 2.75) is 32.2 Å². The van der Waals surface area contributed by atoms with Crippen molar-refractivity contribution in [1.29, 1.82) is 0 Å². The van der Waals surface area contributed by atoms with Gasteiger partial charge in [-0.1, -0.05) is 24.2 Å². The van der Waals surface area contributed by atoms with Crippen LogP contribution in [0.5, 0.6) is 11.5 Å². The van der Waals surface area contributed by atoms with Crippen molar-refractivity contribution in [2.24, 2.45) is 16.6 Å². The average Bonchev–Trinajstić information content (AvgIpc) is 3.48. The van der Waals surface area contributed by atoms with Crippen LogP contribution < -0.4 is 10.5 Å². The highest BCUT2D eigenvalue weighted by molar-refractivity contribution is 6.33. The van der Waals surface area contributed by atoms with E-state index in [0.717, 1.165) is 24.0 Å². The quantitative estimate of drug-likeness (QED) is 0.526. The molecule has 3 N–H and O–H groups in total. The van der Waals surface area contributed by atoms with E-state index in [-0.39, 0.29) is 5.75 Å². The summed E-state index contributed by atoms with van der Waals surface area (Å²) in [5.41, 5.74) is 8.73. The number of aromatic hydroxyl groups is 1. The number of nitrogens with zero attached hydrogens (tertiary/aromatic N) is 1. The van der Waals surface area contributed by atoms with Crippen LogP contribution in [-0.4, -0.2) is 18.1 Å².